The van der Waals surface area contributed by atoms with Crippen molar-refractivity contribution in [2.45, 2.75) is 95.0 Å². The van der Waals surface area contributed by atoms with E-state index in [9.17, 15) is 24.7 Å². The Hall–Kier alpha value is -5.79. The molecule has 0 radical (unpaired) electrons. The second-order valence-corrected chi connectivity index (χ2v) is 13.2. The second-order valence-electron chi connectivity index (χ2n) is 13.2. The maximum atomic E-state index is 13.8. The molecule has 0 unspecified atom stereocenters. The molecule has 300 valence electrons. The Balaban J connectivity index is 1.27. The quantitative estimate of drug-likeness (QED) is 0.0615. The Kier molecular flexibility index (Phi) is 15.4. The van der Waals surface area contributed by atoms with Crippen LogP contribution in [0.3, 0.4) is 0 Å². The van der Waals surface area contributed by atoms with Crippen LogP contribution >= 0.6 is 0 Å². The molecule has 2 aliphatic rings. The average Bonchev–Trinajstić information content (AvgIpc) is 3.26. The Morgan fingerprint density at radius 1 is 0.947 bits per heavy atom. The molecule has 2 saturated heterocycles. The number of terminal acetylenes is 1. The van der Waals surface area contributed by atoms with Gasteiger partial charge in [-0.2, -0.15) is 0 Å². The molecule has 0 bridgehead atoms. The van der Waals surface area contributed by atoms with Crippen molar-refractivity contribution < 1.29 is 53.7 Å². The summed E-state index contributed by atoms with van der Waals surface area (Å²) >= 11 is 0. The number of amides is 2. The van der Waals surface area contributed by atoms with Crippen molar-refractivity contribution in [1.82, 2.24) is 10.6 Å². The number of benzene rings is 3. The van der Waals surface area contributed by atoms with Crippen LogP contribution in [0.25, 0.3) is 10.4 Å². The van der Waals surface area contributed by atoms with Gasteiger partial charge in [0.15, 0.2) is 20.6 Å². The SMILES string of the molecule is [2H]N(C(=O)[C@@H](C)O[C@@H]1[C@@H](N=[N+]=[N-])[C@@H](OCc2ccccc2)O[C@@H]2CO[C@@H](c3ccccc3)O[C@@H]12)[C@@H](C)C(=O)N[C@@H](CCC(=O)OCc1ccccc1)C(=O)OCC#C. The molecular formula is C41H45N5O11. The molecule has 0 spiro atoms. The van der Waals surface area contributed by atoms with Crippen LogP contribution in [0.2, 0.25) is 1.41 Å². The average molecular weight is 785 g/mol. The predicted octanol–water partition coefficient (Wildman–Crippen LogP) is 4.18. The number of azide groups is 1. The van der Waals surface area contributed by atoms with Gasteiger partial charge in [0.25, 0.3) is 0 Å². The summed E-state index contributed by atoms with van der Waals surface area (Å²) in [5.41, 5.74) is 11.9. The summed E-state index contributed by atoms with van der Waals surface area (Å²) in [6.45, 7) is 2.41. The number of rotatable bonds is 18. The third-order valence-electron chi connectivity index (χ3n) is 9.01. The molecule has 0 saturated carbocycles. The zero-order valence-corrected chi connectivity index (χ0v) is 31.5. The Labute approximate surface area is 331 Å². The van der Waals surface area contributed by atoms with Crippen LogP contribution in [-0.2, 0) is 65.5 Å². The minimum Gasteiger partial charge on any atom is -0.461 e. The van der Waals surface area contributed by atoms with Crippen LogP contribution in [0.15, 0.2) is 96.1 Å². The molecule has 57 heavy (non-hydrogen) atoms. The predicted molar refractivity (Wildman–Crippen MR) is 202 cm³/mol. The van der Waals surface area contributed by atoms with E-state index in [0.717, 1.165) is 11.1 Å². The van der Waals surface area contributed by atoms with Gasteiger partial charge in [0.1, 0.15) is 49.1 Å². The molecule has 2 fully saturated rings. The number of carbonyl (C=O) groups is 4. The molecule has 16 nitrogen and oxygen atoms in total. The van der Waals surface area contributed by atoms with E-state index in [2.05, 4.69) is 21.3 Å². The summed E-state index contributed by atoms with van der Waals surface area (Å²) < 4.78 is 49.9. The van der Waals surface area contributed by atoms with Crippen molar-refractivity contribution >= 4 is 23.8 Å². The standard InChI is InChI=1S/C41H45N5O11/c1-4-22-51-39(50)31(20-21-33(47)52-23-28-14-8-5-9-15-28)44-37(48)26(2)43-38(49)27(3)55-36-34(45-46-42)41(53-24-29-16-10-6-11-17-29)56-32-25-54-40(57-35(32)36)30-18-12-7-13-19-30/h1,5-19,26-27,31-32,34-36,40-41H,20-25H2,2-3H3,(H,43,49)(H,44,48)/t26-,27+,31-,32+,34+,35+,36+,40+,41-/m0/s1/i/hD. The van der Waals surface area contributed by atoms with Gasteiger partial charge in [-0.15, -0.1) is 6.42 Å². The molecule has 0 aromatic heterocycles. The summed E-state index contributed by atoms with van der Waals surface area (Å²) in [5.74, 6) is -1.23. The largest absolute Gasteiger partial charge is 0.461 e. The molecule has 9 atom stereocenters. The lowest BCUT2D eigenvalue weighted by Gasteiger charge is -2.48. The third-order valence-corrected chi connectivity index (χ3v) is 9.01. The number of nitrogens with one attached hydrogen (secondary N) is 2. The fourth-order valence-electron chi connectivity index (χ4n) is 6.04. The van der Waals surface area contributed by atoms with Crippen molar-refractivity contribution in [2.75, 3.05) is 13.2 Å². The number of fused-ring (bicyclic) bond motifs is 1. The van der Waals surface area contributed by atoms with Crippen molar-refractivity contribution in [3.63, 3.8) is 0 Å². The highest BCUT2D eigenvalue weighted by atomic mass is 16.8. The van der Waals surface area contributed by atoms with Gasteiger partial charge in [-0.3, -0.25) is 14.4 Å². The van der Waals surface area contributed by atoms with Crippen molar-refractivity contribution in [3.8, 4) is 12.3 Å². The highest BCUT2D eigenvalue weighted by Crippen LogP contribution is 2.37. The topological polar surface area (TPSA) is 206 Å². The molecule has 3 aromatic rings. The number of nitrogens with zero attached hydrogens (tertiary/aromatic N) is 3. The fourth-order valence-corrected chi connectivity index (χ4v) is 6.04. The maximum Gasteiger partial charge on any atom is 0.329 e. The second kappa shape index (κ2) is 21.5. The molecule has 3 aromatic carbocycles. The lowest BCUT2D eigenvalue weighted by molar-refractivity contribution is -0.349. The Morgan fingerprint density at radius 2 is 1.60 bits per heavy atom. The van der Waals surface area contributed by atoms with Gasteiger partial charge < -0.3 is 43.8 Å². The van der Waals surface area contributed by atoms with Crippen molar-refractivity contribution in [1.29, 1.82) is 0 Å². The number of esters is 2. The van der Waals surface area contributed by atoms with Crippen LogP contribution in [0.4, 0.5) is 0 Å². The lowest BCUT2D eigenvalue weighted by Crippen LogP contribution is -2.63. The van der Waals surface area contributed by atoms with Crippen molar-refractivity contribution in [3.05, 3.63) is 118 Å². The summed E-state index contributed by atoms with van der Waals surface area (Å²) in [7, 11) is 0. The fraction of sp³-hybridized carbons (Fsp3) is 0.415. The third kappa shape index (κ3) is 12.3. The van der Waals surface area contributed by atoms with E-state index >= 15 is 0 Å². The van der Waals surface area contributed by atoms with Gasteiger partial charge in [-0.25, -0.2) is 4.79 Å². The van der Waals surface area contributed by atoms with Crippen LogP contribution in [0.5, 0.6) is 0 Å². The number of carbonyl (C=O) groups excluding carboxylic acids is 4. The molecule has 2 heterocycles. The highest BCUT2D eigenvalue weighted by molar-refractivity contribution is 5.91. The van der Waals surface area contributed by atoms with E-state index < -0.39 is 78.9 Å². The van der Waals surface area contributed by atoms with Crippen LogP contribution < -0.4 is 10.6 Å². The van der Waals surface area contributed by atoms with Gasteiger partial charge in [-0.05, 0) is 36.9 Å². The molecule has 5 rings (SSSR count). The molecule has 16 heteroatoms. The first-order chi connectivity index (χ1) is 28.1. The molecule has 2 aliphatic heterocycles. The monoisotopic (exact) mass is 784 g/mol. The van der Waals surface area contributed by atoms with E-state index in [4.69, 9.17) is 41.0 Å². The molecule has 2 N–H and O–H groups in total. The van der Waals surface area contributed by atoms with Gasteiger partial charge in [0.2, 0.25) is 11.8 Å². The van der Waals surface area contributed by atoms with E-state index in [1.54, 1.807) is 24.3 Å². The van der Waals surface area contributed by atoms with Crippen LogP contribution in [0.1, 0.15) is 49.7 Å². The summed E-state index contributed by atoms with van der Waals surface area (Å²) in [5, 5.41) is 6.82. The number of hydrogen-bond donors (Lipinski definition) is 2. The van der Waals surface area contributed by atoms with E-state index in [0.29, 0.717) is 10.9 Å². The summed E-state index contributed by atoms with van der Waals surface area (Å²) in [6.07, 6.45) is -1.51. The minimum absolute atomic E-state index is 0.0131. The van der Waals surface area contributed by atoms with Crippen LogP contribution in [-0.4, -0.2) is 85.8 Å². The van der Waals surface area contributed by atoms with E-state index in [-0.39, 0.29) is 39.3 Å². The molecule has 2 amide bonds. The zero-order chi connectivity index (χ0) is 41.4. The first-order valence-electron chi connectivity index (χ1n) is 18.8. The number of hydrogen-bond acceptors (Lipinski definition) is 12. The smallest absolute Gasteiger partial charge is 0.329 e. The lowest BCUT2D eigenvalue weighted by atomic mass is 9.95. The Morgan fingerprint density at radius 3 is 2.25 bits per heavy atom. The minimum atomic E-state index is -1.47. The highest BCUT2D eigenvalue weighted by Gasteiger charge is 2.52. The van der Waals surface area contributed by atoms with E-state index in [1.165, 1.54) is 13.8 Å². The van der Waals surface area contributed by atoms with Crippen molar-refractivity contribution in [2.24, 2.45) is 5.11 Å². The first kappa shape index (κ1) is 40.9. The van der Waals surface area contributed by atoms with Gasteiger partial charge in [-0.1, -0.05) is 102 Å². The zero-order valence-electron chi connectivity index (χ0n) is 32.5. The number of ether oxygens (including phenoxy) is 7. The van der Waals surface area contributed by atoms with E-state index in [1.807, 2.05) is 66.7 Å². The normalized spacial score (nSPS) is 23.1. The molecule has 0 aliphatic carbocycles. The maximum absolute atomic E-state index is 13.8. The van der Waals surface area contributed by atoms with Gasteiger partial charge in [0.05, 0.1) is 13.2 Å². The first-order valence-corrected chi connectivity index (χ1v) is 18.3. The Bertz CT molecular complexity index is 1920. The molecular weight excluding hydrogens is 738 g/mol. The summed E-state index contributed by atoms with van der Waals surface area (Å²) in [6, 6.07) is 23.3. The summed E-state index contributed by atoms with van der Waals surface area (Å²) in [4.78, 5) is 55.5. The van der Waals surface area contributed by atoms with Gasteiger partial charge >= 0.3 is 11.9 Å². The van der Waals surface area contributed by atoms with Crippen LogP contribution in [0, 0.1) is 12.3 Å². The van der Waals surface area contributed by atoms with Gasteiger partial charge in [0, 0.05) is 16.9 Å².